The first-order valence-corrected chi connectivity index (χ1v) is 5.79. The molecule has 1 aromatic carbocycles. The van der Waals surface area contributed by atoms with Gasteiger partial charge in [0.1, 0.15) is 5.82 Å². The van der Waals surface area contributed by atoms with Gasteiger partial charge in [0.2, 0.25) is 5.95 Å². The minimum atomic E-state index is -0.696. The Hall–Kier alpha value is -2.30. The van der Waals surface area contributed by atoms with Gasteiger partial charge in [-0.25, -0.2) is 9.37 Å². The molecule has 3 nitrogen and oxygen atoms in total. The summed E-state index contributed by atoms with van der Waals surface area (Å²) in [6.45, 7) is 0.353. The van der Waals surface area contributed by atoms with Crippen LogP contribution in [0.1, 0.15) is 15.9 Å². The van der Waals surface area contributed by atoms with Crippen LogP contribution in [0.4, 0.5) is 8.78 Å². The van der Waals surface area contributed by atoms with Crippen molar-refractivity contribution < 1.29 is 13.6 Å². The average molecular weight is 262 g/mol. The number of amides is 1. The molecule has 0 spiro atoms. The van der Waals surface area contributed by atoms with Crippen molar-refractivity contribution in [1.29, 1.82) is 0 Å². The van der Waals surface area contributed by atoms with Crippen molar-refractivity contribution in [2.75, 3.05) is 6.54 Å². The Morgan fingerprint density at radius 3 is 2.79 bits per heavy atom. The van der Waals surface area contributed by atoms with Crippen LogP contribution in [0, 0.1) is 11.8 Å². The van der Waals surface area contributed by atoms with Crippen molar-refractivity contribution in [2.24, 2.45) is 0 Å². The van der Waals surface area contributed by atoms with Crippen LogP contribution in [-0.4, -0.2) is 17.4 Å². The quantitative estimate of drug-likeness (QED) is 0.859. The van der Waals surface area contributed by atoms with E-state index in [1.165, 1.54) is 24.4 Å². The number of carbonyl (C=O) groups excluding carboxylic acids is 1. The third-order valence-electron chi connectivity index (χ3n) is 2.58. The third-order valence-corrected chi connectivity index (χ3v) is 2.58. The molecule has 0 fully saturated rings. The maximum atomic E-state index is 12.9. The first-order valence-electron chi connectivity index (χ1n) is 5.79. The molecule has 0 bridgehead atoms. The largest absolute Gasteiger partial charge is 0.352 e. The van der Waals surface area contributed by atoms with Crippen LogP contribution in [0.2, 0.25) is 0 Å². The zero-order valence-electron chi connectivity index (χ0n) is 10.1. The van der Waals surface area contributed by atoms with Crippen molar-refractivity contribution in [3.05, 3.63) is 65.5 Å². The number of aromatic nitrogens is 1. The molecule has 0 saturated carbocycles. The zero-order chi connectivity index (χ0) is 13.7. The fourth-order valence-electron chi connectivity index (χ4n) is 1.66. The van der Waals surface area contributed by atoms with Crippen molar-refractivity contribution in [3.8, 4) is 0 Å². The lowest BCUT2D eigenvalue weighted by molar-refractivity contribution is 0.0953. The summed E-state index contributed by atoms with van der Waals surface area (Å²) in [7, 11) is 0. The molecule has 0 aliphatic heterocycles. The monoisotopic (exact) mass is 262 g/mol. The Bertz CT molecular complexity index is 587. The fraction of sp³-hybridized carbons (Fsp3) is 0.143. The van der Waals surface area contributed by atoms with Crippen molar-refractivity contribution in [3.63, 3.8) is 0 Å². The van der Waals surface area contributed by atoms with Gasteiger partial charge in [-0.15, -0.1) is 0 Å². The molecule has 1 heterocycles. The van der Waals surface area contributed by atoms with Gasteiger partial charge in [0, 0.05) is 24.4 Å². The number of nitrogens with zero attached hydrogens (tertiary/aromatic N) is 1. The van der Waals surface area contributed by atoms with Crippen LogP contribution in [-0.2, 0) is 6.42 Å². The van der Waals surface area contributed by atoms with Gasteiger partial charge in [0.05, 0.1) is 0 Å². The number of nitrogens with one attached hydrogen (secondary N) is 1. The van der Waals surface area contributed by atoms with Crippen LogP contribution >= 0.6 is 0 Å². The van der Waals surface area contributed by atoms with Gasteiger partial charge in [-0.05, 0) is 30.2 Å². The summed E-state index contributed by atoms with van der Waals surface area (Å²) in [5.41, 5.74) is 1.01. The first-order chi connectivity index (χ1) is 9.15. The Labute approximate surface area is 109 Å². The Kier molecular flexibility index (Phi) is 4.18. The van der Waals surface area contributed by atoms with Gasteiger partial charge in [-0.2, -0.15) is 4.39 Å². The predicted molar refractivity (Wildman–Crippen MR) is 66.6 cm³/mol. The normalized spacial score (nSPS) is 10.2. The van der Waals surface area contributed by atoms with Crippen LogP contribution in [0.3, 0.4) is 0 Å². The molecular formula is C14H12F2N2O. The molecule has 1 N–H and O–H groups in total. The van der Waals surface area contributed by atoms with E-state index >= 15 is 0 Å². The summed E-state index contributed by atoms with van der Waals surface area (Å²) in [5, 5.41) is 2.64. The number of rotatable bonds is 4. The van der Waals surface area contributed by atoms with E-state index in [0.29, 0.717) is 13.0 Å². The number of benzene rings is 1. The highest BCUT2D eigenvalue weighted by Crippen LogP contribution is 2.04. The van der Waals surface area contributed by atoms with E-state index in [0.717, 1.165) is 11.6 Å². The minimum Gasteiger partial charge on any atom is -0.352 e. The highest BCUT2D eigenvalue weighted by atomic mass is 19.1. The standard InChI is InChI=1S/C14H12F2N2O/c15-12-3-1-2-10(8-12)4-6-18-14(19)11-5-7-17-13(16)9-11/h1-3,5,7-9H,4,6H2,(H,18,19). The molecule has 98 valence electrons. The summed E-state index contributed by atoms with van der Waals surface area (Å²) in [5.74, 6) is -1.38. The predicted octanol–water partition coefficient (Wildman–Crippen LogP) is 2.33. The van der Waals surface area contributed by atoms with Crippen LogP contribution in [0.5, 0.6) is 0 Å². The molecule has 0 unspecified atom stereocenters. The van der Waals surface area contributed by atoms with Gasteiger partial charge >= 0.3 is 0 Å². The lowest BCUT2D eigenvalue weighted by Gasteiger charge is -2.05. The summed E-state index contributed by atoms with van der Waals surface area (Å²) >= 11 is 0. The molecule has 0 radical (unpaired) electrons. The van der Waals surface area contributed by atoms with E-state index < -0.39 is 5.95 Å². The highest BCUT2D eigenvalue weighted by Gasteiger charge is 2.06. The molecule has 0 aliphatic carbocycles. The molecule has 0 saturated heterocycles. The SMILES string of the molecule is O=C(NCCc1cccc(F)c1)c1ccnc(F)c1. The van der Waals surface area contributed by atoms with Gasteiger partial charge in [-0.3, -0.25) is 4.79 Å². The maximum Gasteiger partial charge on any atom is 0.251 e. The second kappa shape index (κ2) is 6.04. The van der Waals surface area contributed by atoms with Crippen molar-refractivity contribution in [1.82, 2.24) is 10.3 Å². The highest BCUT2D eigenvalue weighted by molar-refractivity contribution is 5.93. The van der Waals surface area contributed by atoms with Gasteiger partial charge in [0.15, 0.2) is 0 Å². The molecular weight excluding hydrogens is 250 g/mol. The van der Waals surface area contributed by atoms with Gasteiger partial charge in [0.25, 0.3) is 5.91 Å². The molecule has 2 aromatic rings. The number of carbonyl (C=O) groups is 1. The van der Waals surface area contributed by atoms with Crippen LogP contribution < -0.4 is 5.32 Å². The van der Waals surface area contributed by atoms with Crippen molar-refractivity contribution >= 4 is 5.91 Å². The number of pyridine rings is 1. The Balaban J connectivity index is 1.87. The molecule has 0 aliphatic rings. The average Bonchev–Trinajstić information content (AvgIpc) is 2.38. The fourth-order valence-corrected chi connectivity index (χ4v) is 1.66. The zero-order valence-corrected chi connectivity index (χ0v) is 10.1. The molecule has 0 atom stereocenters. The Morgan fingerprint density at radius 1 is 1.21 bits per heavy atom. The third kappa shape index (κ3) is 3.84. The van der Waals surface area contributed by atoms with Crippen molar-refractivity contribution in [2.45, 2.75) is 6.42 Å². The Morgan fingerprint density at radius 2 is 2.05 bits per heavy atom. The van der Waals surface area contributed by atoms with E-state index in [1.54, 1.807) is 12.1 Å². The summed E-state index contributed by atoms with van der Waals surface area (Å²) in [4.78, 5) is 15.0. The minimum absolute atomic E-state index is 0.215. The first kappa shape index (κ1) is 13.1. The number of hydrogen-bond acceptors (Lipinski definition) is 2. The number of hydrogen-bond donors (Lipinski definition) is 1. The van der Waals surface area contributed by atoms with E-state index in [9.17, 15) is 13.6 Å². The summed E-state index contributed by atoms with van der Waals surface area (Å²) < 4.78 is 25.8. The lowest BCUT2D eigenvalue weighted by Crippen LogP contribution is -2.25. The van der Waals surface area contributed by atoms with E-state index in [-0.39, 0.29) is 17.3 Å². The lowest BCUT2D eigenvalue weighted by atomic mass is 10.1. The van der Waals surface area contributed by atoms with E-state index in [1.807, 2.05) is 0 Å². The second-order valence-electron chi connectivity index (χ2n) is 4.00. The number of halogens is 2. The molecule has 19 heavy (non-hydrogen) atoms. The molecule has 1 amide bonds. The maximum absolute atomic E-state index is 12.9. The van der Waals surface area contributed by atoms with Gasteiger partial charge in [-0.1, -0.05) is 12.1 Å². The van der Waals surface area contributed by atoms with E-state index in [4.69, 9.17) is 0 Å². The van der Waals surface area contributed by atoms with E-state index in [2.05, 4.69) is 10.3 Å². The summed E-state index contributed by atoms with van der Waals surface area (Å²) in [6, 6.07) is 8.67. The van der Waals surface area contributed by atoms with Crippen LogP contribution in [0.25, 0.3) is 0 Å². The molecule has 2 rings (SSSR count). The molecule has 5 heteroatoms. The van der Waals surface area contributed by atoms with Crippen LogP contribution in [0.15, 0.2) is 42.6 Å². The van der Waals surface area contributed by atoms with Gasteiger partial charge < -0.3 is 5.32 Å². The topological polar surface area (TPSA) is 42.0 Å². The summed E-state index contributed by atoms with van der Waals surface area (Å²) in [6.07, 6.45) is 1.74. The molecule has 1 aromatic heterocycles. The smallest absolute Gasteiger partial charge is 0.251 e. The second-order valence-corrected chi connectivity index (χ2v) is 4.00.